The minimum Gasteiger partial charge on any atom is -0.481 e. The number of halogens is 1. The van der Waals surface area contributed by atoms with E-state index in [2.05, 4.69) is 4.98 Å². The van der Waals surface area contributed by atoms with Crippen molar-refractivity contribution >= 4 is 22.8 Å². The Bertz CT molecular complexity index is 738. The zero-order chi connectivity index (χ0) is 15.1. The molecule has 2 heterocycles. The second-order valence-electron chi connectivity index (χ2n) is 5.44. The van der Waals surface area contributed by atoms with E-state index in [1.807, 2.05) is 0 Å². The Balaban J connectivity index is 1.89. The predicted octanol–water partition coefficient (Wildman–Crippen LogP) is 2.16. The number of benzene rings is 1. The van der Waals surface area contributed by atoms with Crippen LogP contribution in [0.3, 0.4) is 0 Å². The maximum Gasteiger partial charge on any atom is 0.308 e. The molecule has 21 heavy (non-hydrogen) atoms. The molecule has 0 aliphatic carbocycles. The van der Waals surface area contributed by atoms with E-state index in [9.17, 15) is 14.0 Å². The highest BCUT2D eigenvalue weighted by Crippen LogP contribution is 2.24. The van der Waals surface area contributed by atoms with Crippen LogP contribution in [-0.2, 0) is 4.79 Å². The molecule has 2 aromatic rings. The smallest absolute Gasteiger partial charge is 0.308 e. The fourth-order valence-electron chi connectivity index (χ4n) is 2.81. The van der Waals surface area contributed by atoms with Crippen LogP contribution in [0.4, 0.5) is 4.39 Å². The first-order chi connectivity index (χ1) is 9.95. The van der Waals surface area contributed by atoms with E-state index in [0.29, 0.717) is 24.2 Å². The number of aryl methyl sites for hydroxylation is 1. The average Bonchev–Trinajstić information content (AvgIpc) is 3.04. The number of likely N-dealkylation sites (tertiary alicyclic amines) is 1. The van der Waals surface area contributed by atoms with Gasteiger partial charge in [-0.2, -0.15) is 0 Å². The Hall–Kier alpha value is -2.37. The number of hydrogen-bond acceptors (Lipinski definition) is 2. The summed E-state index contributed by atoms with van der Waals surface area (Å²) in [5.74, 6) is -1.97. The maximum absolute atomic E-state index is 13.4. The van der Waals surface area contributed by atoms with E-state index in [1.165, 1.54) is 17.0 Å². The van der Waals surface area contributed by atoms with Gasteiger partial charge < -0.3 is 15.0 Å². The first-order valence-corrected chi connectivity index (χ1v) is 6.76. The van der Waals surface area contributed by atoms with Crippen LogP contribution < -0.4 is 0 Å². The molecule has 1 unspecified atom stereocenters. The third-order valence-corrected chi connectivity index (χ3v) is 3.96. The summed E-state index contributed by atoms with van der Waals surface area (Å²) in [6.45, 7) is 2.43. The van der Waals surface area contributed by atoms with Crippen LogP contribution in [0.5, 0.6) is 0 Å². The van der Waals surface area contributed by atoms with Crippen LogP contribution >= 0.6 is 0 Å². The number of amides is 1. The summed E-state index contributed by atoms with van der Waals surface area (Å²) < 4.78 is 13.4. The lowest BCUT2D eigenvalue weighted by Gasteiger charge is -2.14. The highest BCUT2D eigenvalue weighted by Gasteiger charge is 2.31. The molecular weight excluding hydrogens is 275 g/mol. The molecule has 0 saturated carbocycles. The Morgan fingerprint density at radius 2 is 2.14 bits per heavy atom. The van der Waals surface area contributed by atoms with Crippen molar-refractivity contribution in [2.75, 3.05) is 13.1 Å². The summed E-state index contributed by atoms with van der Waals surface area (Å²) in [5.41, 5.74) is 1.69. The van der Waals surface area contributed by atoms with Crippen molar-refractivity contribution in [2.24, 2.45) is 5.92 Å². The van der Waals surface area contributed by atoms with Crippen molar-refractivity contribution in [3.8, 4) is 0 Å². The lowest BCUT2D eigenvalue weighted by molar-refractivity contribution is -0.141. The molecule has 0 spiro atoms. The van der Waals surface area contributed by atoms with Crippen LogP contribution in [0.1, 0.15) is 22.5 Å². The van der Waals surface area contributed by atoms with E-state index in [-0.39, 0.29) is 18.3 Å². The molecular formula is C15H15FN2O3. The molecule has 110 valence electrons. The largest absolute Gasteiger partial charge is 0.481 e. The highest BCUT2D eigenvalue weighted by molar-refractivity contribution is 5.99. The van der Waals surface area contributed by atoms with E-state index in [1.54, 1.807) is 13.0 Å². The molecule has 1 aliphatic heterocycles. The molecule has 1 aliphatic rings. The number of carbonyl (C=O) groups is 2. The summed E-state index contributed by atoms with van der Waals surface area (Å²) in [5, 5.41) is 9.78. The number of fused-ring (bicyclic) bond motifs is 1. The monoisotopic (exact) mass is 290 g/mol. The number of carbonyl (C=O) groups excluding carboxylic acids is 1. The summed E-state index contributed by atoms with van der Waals surface area (Å²) in [7, 11) is 0. The third kappa shape index (κ3) is 2.37. The molecule has 1 atom stereocenters. The summed E-state index contributed by atoms with van der Waals surface area (Å²) >= 11 is 0. The zero-order valence-corrected chi connectivity index (χ0v) is 11.5. The lowest BCUT2D eigenvalue weighted by atomic mass is 10.1. The van der Waals surface area contributed by atoms with Gasteiger partial charge in [-0.05, 0) is 37.1 Å². The van der Waals surface area contributed by atoms with Crippen molar-refractivity contribution in [1.29, 1.82) is 0 Å². The lowest BCUT2D eigenvalue weighted by Crippen LogP contribution is -2.30. The number of hydrogen-bond donors (Lipinski definition) is 2. The quantitative estimate of drug-likeness (QED) is 0.890. The Morgan fingerprint density at radius 3 is 2.81 bits per heavy atom. The molecule has 1 saturated heterocycles. The van der Waals surface area contributed by atoms with Gasteiger partial charge in [0.15, 0.2) is 0 Å². The maximum atomic E-state index is 13.4. The van der Waals surface area contributed by atoms with Crippen LogP contribution in [0.2, 0.25) is 0 Å². The zero-order valence-electron chi connectivity index (χ0n) is 11.5. The molecule has 2 N–H and O–H groups in total. The van der Waals surface area contributed by atoms with Gasteiger partial charge in [0.05, 0.1) is 5.92 Å². The van der Waals surface area contributed by atoms with Gasteiger partial charge in [0.25, 0.3) is 5.91 Å². The standard InChI is InChI=1S/C15H15FN2O3/c1-8-4-10(16)5-12-11(8)6-13(17-12)14(19)18-3-2-9(7-18)15(20)21/h4-6,9,17H,2-3,7H2,1H3,(H,20,21). The molecule has 1 fully saturated rings. The molecule has 1 aromatic heterocycles. The molecule has 5 nitrogen and oxygen atoms in total. The van der Waals surface area contributed by atoms with E-state index >= 15 is 0 Å². The first-order valence-electron chi connectivity index (χ1n) is 6.76. The fourth-order valence-corrected chi connectivity index (χ4v) is 2.81. The van der Waals surface area contributed by atoms with Crippen molar-refractivity contribution in [3.63, 3.8) is 0 Å². The van der Waals surface area contributed by atoms with Gasteiger partial charge in [-0.3, -0.25) is 9.59 Å². The topological polar surface area (TPSA) is 73.4 Å². The number of carboxylic acid groups (broad SMARTS) is 1. The number of aromatic amines is 1. The number of nitrogens with zero attached hydrogens (tertiary/aromatic N) is 1. The minimum atomic E-state index is -0.875. The van der Waals surface area contributed by atoms with Crippen LogP contribution in [-0.4, -0.2) is 40.0 Å². The number of aliphatic carboxylic acids is 1. The number of nitrogens with one attached hydrogen (secondary N) is 1. The first kappa shape index (κ1) is 13.6. The van der Waals surface area contributed by atoms with E-state index in [4.69, 9.17) is 5.11 Å². The van der Waals surface area contributed by atoms with E-state index < -0.39 is 11.9 Å². The van der Waals surface area contributed by atoms with Gasteiger partial charge in [0, 0.05) is 24.0 Å². The minimum absolute atomic E-state index is 0.219. The van der Waals surface area contributed by atoms with Gasteiger partial charge >= 0.3 is 5.97 Å². The van der Waals surface area contributed by atoms with Crippen LogP contribution in [0.15, 0.2) is 18.2 Å². The van der Waals surface area contributed by atoms with Gasteiger partial charge in [-0.1, -0.05) is 0 Å². The SMILES string of the molecule is Cc1cc(F)cc2[nH]c(C(=O)N3CCC(C(=O)O)C3)cc12. The van der Waals surface area contributed by atoms with Gasteiger partial charge in [-0.15, -0.1) is 0 Å². The second kappa shape index (κ2) is 4.87. The van der Waals surface area contributed by atoms with Crippen molar-refractivity contribution in [2.45, 2.75) is 13.3 Å². The Labute approximate surface area is 120 Å². The van der Waals surface area contributed by atoms with Gasteiger partial charge in [0.1, 0.15) is 11.5 Å². The fraction of sp³-hybridized carbons (Fsp3) is 0.333. The molecule has 6 heteroatoms. The van der Waals surface area contributed by atoms with E-state index in [0.717, 1.165) is 10.9 Å². The Kier molecular flexibility index (Phi) is 3.16. The van der Waals surface area contributed by atoms with Crippen molar-refractivity contribution in [1.82, 2.24) is 9.88 Å². The molecule has 0 bridgehead atoms. The number of carboxylic acids is 1. The summed E-state index contributed by atoms with van der Waals surface area (Å²) in [4.78, 5) is 27.8. The van der Waals surface area contributed by atoms with Gasteiger partial charge in [0.2, 0.25) is 0 Å². The second-order valence-corrected chi connectivity index (χ2v) is 5.44. The highest BCUT2D eigenvalue weighted by atomic mass is 19.1. The number of H-pyrrole nitrogens is 1. The predicted molar refractivity (Wildman–Crippen MR) is 74.6 cm³/mol. The molecule has 1 aromatic carbocycles. The third-order valence-electron chi connectivity index (χ3n) is 3.96. The van der Waals surface area contributed by atoms with Gasteiger partial charge in [-0.25, -0.2) is 4.39 Å². The Morgan fingerprint density at radius 1 is 1.38 bits per heavy atom. The molecule has 1 amide bonds. The normalized spacial score (nSPS) is 18.4. The summed E-state index contributed by atoms with van der Waals surface area (Å²) in [6.07, 6.45) is 0.467. The molecule has 3 rings (SSSR count). The summed E-state index contributed by atoms with van der Waals surface area (Å²) in [6, 6.07) is 4.46. The number of rotatable bonds is 2. The number of aromatic nitrogens is 1. The average molecular weight is 290 g/mol. The van der Waals surface area contributed by atoms with Crippen LogP contribution in [0, 0.1) is 18.7 Å². The van der Waals surface area contributed by atoms with Crippen molar-refractivity contribution < 1.29 is 19.1 Å². The van der Waals surface area contributed by atoms with Crippen molar-refractivity contribution in [3.05, 3.63) is 35.3 Å². The molecule has 0 radical (unpaired) electrons. The van der Waals surface area contributed by atoms with Crippen LogP contribution in [0.25, 0.3) is 10.9 Å².